The number of carbonyl (C=O) groups is 1. The van der Waals surface area contributed by atoms with Crippen LogP contribution in [0.2, 0.25) is 0 Å². The first-order chi connectivity index (χ1) is 11.6. The van der Waals surface area contributed by atoms with Crippen molar-refractivity contribution < 1.29 is 4.79 Å². The molecule has 0 spiro atoms. The van der Waals surface area contributed by atoms with E-state index in [0.717, 1.165) is 27.6 Å². The van der Waals surface area contributed by atoms with Gasteiger partial charge in [0.25, 0.3) is 5.91 Å². The summed E-state index contributed by atoms with van der Waals surface area (Å²) in [5, 5.41) is 0.279. The minimum atomic E-state index is -0.144. The van der Waals surface area contributed by atoms with E-state index in [-0.39, 0.29) is 10.9 Å². The number of likely N-dealkylation sites (N-methyl/N-ethyl adjacent to an activating group) is 1. The van der Waals surface area contributed by atoms with Gasteiger partial charge in [-0.1, -0.05) is 65.8 Å². The normalized spacial score (nSPS) is 14.8. The number of carbonyl (C=O) groups excluding carboxylic acids is 1. The Balaban J connectivity index is 2.08. The van der Waals surface area contributed by atoms with Crippen molar-refractivity contribution in [1.29, 1.82) is 0 Å². The van der Waals surface area contributed by atoms with E-state index in [4.69, 9.17) is 11.6 Å². The Labute approximate surface area is 151 Å². The second-order valence-corrected chi connectivity index (χ2v) is 7.27. The molecule has 0 atom stereocenters. The molecule has 2 aromatic carbocycles. The zero-order valence-corrected chi connectivity index (χ0v) is 15.3. The van der Waals surface area contributed by atoms with Crippen LogP contribution in [-0.2, 0) is 4.79 Å². The van der Waals surface area contributed by atoms with Gasteiger partial charge in [0.15, 0.2) is 0 Å². The summed E-state index contributed by atoms with van der Waals surface area (Å²) in [5.74, 6) is -0.144. The van der Waals surface area contributed by atoms with E-state index in [2.05, 4.69) is 4.90 Å². The second kappa shape index (κ2) is 7.43. The number of para-hydroxylation sites is 1. The minimum absolute atomic E-state index is 0.144. The van der Waals surface area contributed by atoms with Crippen molar-refractivity contribution in [2.45, 2.75) is 4.90 Å². The zero-order valence-electron chi connectivity index (χ0n) is 13.7. The highest BCUT2D eigenvalue weighted by Gasteiger charge is 2.28. The molecule has 0 aliphatic carbocycles. The summed E-state index contributed by atoms with van der Waals surface area (Å²) >= 11 is 8.08. The van der Waals surface area contributed by atoms with Crippen molar-refractivity contribution in [3.8, 4) is 0 Å². The molecule has 0 saturated heterocycles. The van der Waals surface area contributed by atoms with Gasteiger partial charge < -0.3 is 9.80 Å². The number of hydrogen-bond donors (Lipinski definition) is 0. The molecule has 1 heterocycles. The van der Waals surface area contributed by atoms with Gasteiger partial charge in [0.2, 0.25) is 0 Å². The fourth-order valence-electron chi connectivity index (χ4n) is 2.54. The SMILES string of the molecule is CN(C)CCN1C(=O)C(Cl)=C(c2ccccc2)Sc2ccccc21. The Kier molecular flexibility index (Phi) is 5.29. The second-order valence-electron chi connectivity index (χ2n) is 5.84. The van der Waals surface area contributed by atoms with Gasteiger partial charge in [-0.25, -0.2) is 0 Å². The molecule has 1 aliphatic heterocycles. The molecule has 1 aliphatic rings. The summed E-state index contributed by atoms with van der Waals surface area (Å²) in [6.45, 7) is 1.37. The first-order valence-electron chi connectivity index (χ1n) is 7.76. The maximum Gasteiger partial charge on any atom is 0.271 e. The van der Waals surface area contributed by atoms with Gasteiger partial charge in [0.05, 0.1) is 5.69 Å². The van der Waals surface area contributed by atoms with E-state index in [9.17, 15) is 4.79 Å². The van der Waals surface area contributed by atoms with E-state index in [1.54, 1.807) is 16.7 Å². The highest BCUT2D eigenvalue weighted by atomic mass is 35.5. The van der Waals surface area contributed by atoms with Crippen LogP contribution in [0.5, 0.6) is 0 Å². The molecule has 0 fully saturated rings. The quantitative estimate of drug-likeness (QED) is 0.814. The molecule has 0 N–H and O–H groups in total. The summed E-state index contributed by atoms with van der Waals surface area (Å²) in [5.41, 5.74) is 1.88. The van der Waals surface area contributed by atoms with Crippen LogP contribution < -0.4 is 4.90 Å². The maximum absolute atomic E-state index is 13.0. The summed E-state index contributed by atoms with van der Waals surface area (Å²) in [6, 6.07) is 17.8. The van der Waals surface area contributed by atoms with Gasteiger partial charge in [-0.2, -0.15) is 0 Å². The lowest BCUT2D eigenvalue weighted by Crippen LogP contribution is -2.36. The third kappa shape index (κ3) is 3.51. The molecule has 0 unspecified atom stereocenters. The van der Waals surface area contributed by atoms with Crippen molar-refractivity contribution in [3.63, 3.8) is 0 Å². The van der Waals surface area contributed by atoms with Crippen LogP contribution in [0.25, 0.3) is 4.91 Å². The van der Waals surface area contributed by atoms with Crippen LogP contribution in [0.1, 0.15) is 5.56 Å². The number of amides is 1. The molecule has 24 heavy (non-hydrogen) atoms. The topological polar surface area (TPSA) is 23.6 Å². The Morgan fingerprint density at radius 2 is 1.71 bits per heavy atom. The molecule has 3 nitrogen and oxygen atoms in total. The zero-order chi connectivity index (χ0) is 17.1. The van der Waals surface area contributed by atoms with Crippen LogP contribution in [0, 0.1) is 0 Å². The highest BCUT2D eigenvalue weighted by molar-refractivity contribution is 8.08. The van der Waals surface area contributed by atoms with Crippen molar-refractivity contribution in [2.75, 3.05) is 32.1 Å². The van der Waals surface area contributed by atoms with E-state index in [1.165, 1.54) is 0 Å². The average molecular weight is 359 g/mol. The molecule has 0 radical (unpaired) electrons. The number of fused-ring (bicyclic) bond motifs is 1. The van der Waals surface area contributed by atoms with Crippen molar-refractivity contribution in [2.24, 2.45) is 0 Å². The van der Waals surface area contributed by atoms with Gasteiger partial charge >= 0.3 is 0 Å². The molecule has 124 valence electrons. The van der Waals surface area contributed by atoms with Crippen LogP contribution in [0.4, 0.5) is 5.69 Å². The van der Waals surface area contributed by atoms with E-state index >= 15 is 0 Å². The van der Waals surface area contributed by atoms with Crippen LogP contribution in [0.3, 0.4) is 0 Å². The number of nitrogens with zero attached hydrogens (tertiary/aromatic N) is 2. The van der Waals surface area contributed by atoms with Gasteiger partial charge in [-0.05, 0) is 31.8 Å². The Hall–Kier alpha value is -1.75. The third-order valence-corrected chi connectivity index (χ3v) is 5.48. The molecule has 2 aromatic rings. The molecule has 3 rings (SSSR count). The summed E-state index contributed by atoms with van der Waals surface area (Å²) in [6.07, 6.45) is 0. The van der Waals surface area contributed by atoms with Gasteiger partial charge in [0, 0.05) is 22.9 Å². The lowest BCUT2D eigenvalue weighted by atomic mass is 10.2. The summed E-state index contributed by atoms with van der Waals surface area (Å²) < 4.78 is 0. The van der Waals surface area contributed by atoms with Gasteiger partial charge in [-0.15, -0.1) is 0 Å². The molecular weight excluding hydrogens is 340 g/mol. The number of hydrogen-bond acceptors (Lipinski definition) is 3. The third-order valence-electron chi connectivity index (χ3n) is 3.81. The van der Waals surface area contributed by atoms with Crippen molar-refractivity contribution in [1.82, 2.24) is 4.90 Å². The number of halogens is 1. The minimum Gasteiger partial charge on any atom is -0.308 e. The summed E-state index contributed by atoms with van der Waals surface area (Å²) in [7, 11) is 3.99. The molecule has 0 bridgehead atoms. The van der Waals surface area contributed by atoms with Gasteiger partial charge in [-0.3, -0.25) is 4.79 Å². The molecule has 5 heteroatoms. The van der Waals surface area contributed by atoms with Gasteiger partial charge in [0.1, 0.15) is 5.03 Å². The number of thioether (sulfide) groups is 1. The molecular formula is C19H19ClN2OS. The Bertz CT molecular complexity index is 774. The lowest BCUT2D eigenvalue weighted by Gasteiger charge is -2.24. The van der Waals surface area contributed by atoms with E-state index in [1.807, 2.05) is 68.7 Å². The summed E-state index contributed by atoms with van der Waals surface area (Å²) in [4.78, 5) is 18.7. The predicted molar refractivity (Wildman–Crippen MR) is 102 cm³/mol. The lowest BCUT2D eigenvalue weighted by molar-refractivity contribution is -0.114. The number of anilines is 1. The smallest absolute Gasteiger partial charge is 0.271 e. The highest BCUT2D eigenvalue weighted by Crippen LogP contribution is 2.45. The number of benzene rings is 2. The Morgan fingerprint density at radius 1 is 1.04 bits per heavy atom. The standard InChI is InChI=1S/C19H19ClN2OS/c1-21(2)12-13-22-15-10-6-7-11-16(15)24-18(17(20)19(22)23)14-8-4-3-5-9-14/h3-11H,12-13H2,1-2H3. The molecule has 0 saturated carbocycles. The van der Waals surface area contributed by atoms with Crippen LogP contribution in [0.15, 0.2) is 64.5 Å². The maximum atomic E-state index is 13.0. The first kappa shape index (κ1) is 17.1. The fraction of sp³-hybridized carbons (Fsp3) is 0.211. The molecule has 0 aromatic heterocycles. The predicted octanol–water partition coefficient (Wildman–Crippen LogP) is 4.29. The molecule has 1 amide bonds. The van der Waals surface area contributed by atoms with Crippen LogP contribution >= 0.6 is 23.4 Å². The monoisotopic (exact) mass is 358 g/mol. The van der Waals surface area contributed by atoms with Crippen molar-refractivity contribution in [3.05, 3.63) is 65.2 Å². The van der Waals surface area contributed by atoms with E-state index < -0.39 is 0 Å². The fourth-order valence-corrected chi connectivity index (χ4v) is 3.95. The van der Waals surface area contributed by atoms with Crippen molar-refractivity contribution >= 4 is 39.9 Å². The van der Waals surface area contributed by atoms with Crippen LogP contribution in [-0.4, -0.2) is 38.0 Å². The first-order valence-corrected chi connectivity index (χ1v) is 8.96. The average Bonchev–Trinajstić information content (AvgIpc) is 2.70. The Morgan fingerprint density at radius 3 is 2.42 bits per heavy atom. The van der Waals surface area contributed by atoms with E-state index in [0.29, 0.717) is 6.54 Å². The number of rotatable bonds is 4. The largest absolute Gasteiger partial charge is 0.308 e.